The molecule has 4 atom stereocenters. The van der Waals surface area contributed by atoms with Crippen molar-refractivity contribution in [2.24, 2.45) is 0 Å². The van der Waals surface area contributed by atoms with Crippen LogP contribution in [0, 0.1) is 0 Å². The van der Waals surface area contributed by atoms with E-state index in [2.05, 4.69) is 0 Å². The van der Waals surface area contributed by atoms with Crippen molar-refractivity contribution in [2.45, 2.75) is 24.4 Å². The molecule has 2 heterocycles. The Morgan fingerprint density at radius 3 is 1.50 bits per heavy atom. The van der Waals surface area contributed by atoms with Crippen LogP contribution in [-0.2, 0) is 9.47 Å². The Hall–Kier alpha value is -0.160. The molecular weight excluding hydrogens is 136 g/mol. The second-order valence-corrected chi connectivity index (χ2v) is 2.64. The molecule has 2 rings (SSSR count). The van der Waals surface area contributed by atoms with Crippen molar-refractivity contribution in [2.75, 3.05) is 13.2 Å². The predicted octanol–water partition coefficient (Wildman–Crippen LogP) is -1.49. The van der Waals surface area contributed by atoms with E-state index >= 15 is 0 Å². The summed E-state index contributed by atoms with van der Waals surface area (Å²) >= 11 is 0. The van der Waals surface area contributed by atoms with Gasteiger partial charge in [-0.1, -0.05) is 0 Å². The van der Waals surface area contributed by atoms with Gasteiger partial charge < -0.3 is 19.7 Å². The van der Waals surface area contributed by atoms with Crippen LogP contribution in [0.5, 0.6) is 0 Å². The molecule has 4 heteroatoms. The highest BCUT2D eigenvalue weighted by atomic mass is 16.7. The average Bonchev–Trinajstić information content (AvgIpc) is 2.83. The van der Waals surface area contributed by atoms with E-state index in [1.165, 1.54) is 0 Å². The highest BCUT2D eigenvalue weighted by Gasteiger charge is 2.56. The third-order valence-electron chi connectivity index (χ3n) is 1.93. The van der Waals surface area contributed by atoms with E-state index < -0.39 is 0 Å². The van der Waals surface area contributed by atoms with Gasteiger partial charge in [0.05, 0.1) is 13.2 Å². The zero-order valence-electron chi connectivity index (χ0n) is 5.43. The first-order valence-corrected chi connectivity index (χ1v) is 3.39. The Kier molecular flexibility index (Phi) is 1.42. The van der Waals surface area contributed by atoms with Gasteiger partial charge in [-0.3, -0.25) is 0 Å². The Bertz CT molecular complexity index is 122. The molecule has 2 aliphatic heterocycles. The number of ether oxygens (including phenoxy) is 2. The van der Waals surface area contributed by atoms with Gasteiger partial charge in [-0.15, -0.1) is 0 Å². The summed E-state index contributed by atoms with van der Waals surface area (Å²) in [6.45, 7) is 0.116. The normalized spacial score (nSPS) is 51.0. The minimum atomic E-state index is -0.0402. The maximum atomic E-state index is 8.57. The van der Waals surface area contributed by atoms with E-state index in [-0.39, 0.29) is 37.6 Å². The summed E-state index contributed by atoms with van der Waals surface area (Å²) in [5.74, 6) is 0. The van der Waals surface area contributed by atoms with Crippen molar-refractivity contribution < 1.29 is 19.7 Å². The smallest absolute Gasteiger partial charge is 0.115 e. The standard InChI is InChI=1S/C6H10O4/c7-1-3-5(9-3)6-4(2-8)10-6/h3-8H,1-2H2/t3-,4+,5-,6?/m1/s1. The molecule has 0 bridgehead atoms. The van der Waals surface area contributed by atoms with Crippen LogP contribution in [0.3, 0.4) is 0 Å². The number of hydrogen-bond donors (Lipinski definition) is 2. The van der Waals surface area contributed by atoms with E-state index in [9.17, 15) is 0 Å². The van der Waals surface area contributed by atoms with E-state index in [0.717, 1.165) is 0 Å². The fourth-order valence-corrected chi connectivity index (χ4v) is 1.18. The van der Waals surface area contributed by atoms with Crippen LogP contribution in [0.2, 0.25) is 0 Å². The molecule has 0 aromatic heterocycles. The van der Waals surface area contributed by atoms with Crippen molar-refractivity contribution in [1.82, 2.24) is 0 Å². The zero-order chi connectivity index (χ0) is 7.14. The van der Waals surface area contributed by atoms with E-state index in [0.29, 0.717) is 0 Å². The van der Waals surface area contributed by atoms with Gasteiger partial charge in [-0.2, -0.15) is 0 Å². The third-order valence-corrected chi connectivity index (χ3v) is 1.93. The second kappa shape index (κ2) is 2.17. The quantitative estimate of drug-likeness (QED) is 0.476. The molecule has 10 heavy (non-hydrogen) atoms. The van der Waals surface area contributed by atoms with Crippen LogP contribution in [0.1, 0.15) is 0 Å². The number of hydrogen-bond acceptors (Lipinski definition) is 4. The Labute approximate surface area is 58.4 Å². The summed E-state index contributed by atoms with van der Waals surface area (Å²) in [6.07, 6.45) is 0.00685. The van der Waals surface area contributed by atoms with E-state index in [1.807, 2.05) is 0 Å². The topological polar surface area (TPSA) is 65.5 Å². The number of aliphatic hydroxyl groups excluding tert-OH is 2. The van der Waals surface area contributed by atoms with Gasteiger partial charge in [0.1, 0.15) is 24.4 Å². The van der Waals surface area contributed by atoms with Gasteiger partial charge >= 0.3 is 0 Å². The van der Waals surface area contributed by atoms with Crippen LogP contribution >= 0.6 is 0 Å². The molecule has 0 amide bonds. The SMILES string of the molecule is OC[C@@H]1OC1[C@@H]1O[C@@H]1CO. The summed E-state index contributed by atoms with van der Waals surface area (Å²) in [5, 5.41) is 17.1. The summed E-state index contributed by atoms with van der Waals surface area (Å²) in [5.41, 5.74) is 0. The Morgan fingerprint density at radius 1 is 0.900 bits per heavy atom. The highest BCUT2D eigenvalue weighted by Crippen LogP contribution is 2.37. The van der Waals surface area contributed by atoms with Gasteiger partial charge in [0.15, 0.2) is 0 Å². The number of epoxide rings is 2. The molecule has 2 N–H and O–H groups in total. The molecule has 0 aliphatic carbocycles. The zero-order valence-corrected chi connectivity index (χ0v) is 5.43. The van der Waals surface area contributed by atoms with E-state index in [4.69, 9.17) is 19.7 Å². The largest absolute Gasteiger partial charge is 0.394 e. The lowest BCUT2D eigenvalue weighted by molar-refractivity contribution is 0.235. The third kappa shape index (κ3) is 0.932. The number of rotatable bonds is 3. The van der Waals surface area contributed by atoms with Crippen molar-refractivity contribution in [1.29, 1.82) is 0 Å². The summed E-state index contributed by atoms with van der Waals surface area (Å²) in [6, 6.07) is 0. The van der Waals surface area contributed by atoms with E-state index in [1.54, 1.807) is 0 Å². The second-order valence-electron chi connectivity index (χ2n) is 2.64. The maximum Gasteiger partial charge on any atom is 0.115 e. The first-order valence-electron chi connectivity index (χ1n) is 3.39. The number of aliphatic hydroxyl groups is 2. The maximum absolute atomic E-state index is 8.57. The van der Waals surface area contributed by atoms with Gasteiger partial charge in [-0.25, -0.2) is 0 Å². The fraction of sp³-hybridized carbons (Fsp3) is 1.00. The summed E-state index contributed by atoms with van der Waals surface area (Å²) in [7, 11) is 0. The Balaban J connectivity index is 1.74. The lowest BCUT2D eigenvalue weighted by atomic mass is 10.2. The van der Waals surface area contributed by atoms with Crippen molar-refractivity contribution >= 4 is 0 Å². The molecule has 2 aliphatic rings. The summed E-state index contributed by atoms with van der Waals surface area (Å²) in [4.78, 5) is 0. The van der Waals surface area contributed by atoms with Crippen molar-refractivity contribution in [3.05, 3.63) is 0 Å². The van der Waals surface area contributed by atoms with Gasteiger partial charge in [-0.05, 0) is 0 Å². The lowest BCUT2D eigenvalue weighted by Crippen LogP contribution is -2.09. The van der Waals surface area contributed by atoms with Crippen LogP contribution in [0.4, 0.5) is 0 Å². The summed E-state index contributed by atoms with van der Waals surface area (Å²) < 4.78 is 10.1. The average molecular weight is 146 g/mol. The van der Waals surface area contributed by atoms with Crippen molar-refractivity contribution in [3.63, 3.8) is 0 Å². The molecule has 2 saturated heterocycles. The minimum absolute atomic E-state index is 0.0402. The predicted molar refractivity (Wildman–Crippen MR) is 31.5 cm³/mol. The first kappa shape index (κ1) is 6.54. The van der Waals surface area contributed by atoms with Gasteiger partial charge in [0.25, 0.3) is 0 Å². The molecule has 0 spiro atoms. The van der Waals surface area contributed by atoms with Gasteiger partial charge in [0.2, 0.25) is 0 Å². The van der Waals surface area contributed by atoms with Crippen LogP contribution < -0.4 is 0 Å². The first-order chi connectivity index (χ1) is 4.86. The molecular formula is C6H10O4. The molecule has 58 valence electrons. The lowest BCUT2D eigenvalue weighted by Gasteiger charge is -1.82. The molecule has 0 saturated carbocycles. The van der Waals surface area contributed by atoms with Crippen LogP contribution in [-0.4, -0.2) is 47.8 Å². The molecule has 0 aromatic rings. The van der Waals surface area contributed by atoms with Gasteiger partial charge in [0, 0.05) is 0 Å². The molecule has 0 aromatic carbocycles. The van der Waals surface area contributed by atoms with Crippen LogP contribution in [0.15, 0.2) is 0 Å². The monoisotopic (exact) mass is 146 g/mol. The molecule has 4 nitrogen and oxygen atoms in total. The molecule has 0 radical (unpaired) electrons. The van der Waals surface area contributed by atoms with Crippen LogP contribution in [0.25, 0.3) is 0 Å². The van der Waals surface area contributed by atoms with Crippen molar-refractivity contribution in [3.8, 4) is 0 Å². The minimum Gasteiger partial charge on any atom is -0.394 e. The molecule has 2 fully saturated rings. The molecule has 1 unspecified atom stereocenters. The highest BCUT2D eigenvalue weighted by molar-refractivity contribution is 5.02. The fourth-order valence-electron chi connectivity index (χ4n) is 1.18. The Morgan fingerprint density at radius 2 is 1.30 bits per heavy atom.